The fourth-order valence-electron chi connectivity index (χ4n) is 3.19. The number of alkyl halides is 3. The molecule has 0 saturated carbocycles. The van der Waals surface area contributed by atoms with Crippen LogP contribution in [0.2, 0.25) is 0 Å². The van der Waals surface area contributed by atoms with E-state index < -0.39 is 27.9 Å². The van der Waals surface area contributed by atoms with Gasteiger partial charge in [-0.15, -0.1) is 11.8 Å². The lowest BCUT2D eigenvalue weighted by molar-refractivity contribution is -0.137. The van der Waals surface area contributed by atoms with E-state index in [0.717, 1.165) is 22.6 Å². The molecule has 0 aliphatic heterocycles. The van der Waals surface area contributed by atoms with Crippen LogP contribution in [0.4, 0.5) is 13.2 Å². The summed E-state index contributed by atoms with van der Waals surface area (Å²) >= 11 is 1.52. The van der Waals surface area contributed by atoms with E-state index in [1.54, 1.807) is 24.3 Å². The summed E-state index contributed by atoms with van der Waals surface area (Å²) < 4.78 is 71.7. The van der Waals surface area contributed by atoms with E-state index in [-0.39, 0.29) is 17.2 Å². The quantitative estimate of drug-likeness (QED) is 0.329. The van der Waals surface area contributed by atoms with Crippen LogP contribution in [0.5, 0.6) is 5.75 Å². The van der Waals surface area contributed by atoms with Crippen LogP contribution in [0.1, 0.15) is 23.7 Å². The van der Waals surface area contributed by atoms with Crippen molar-refractivity contribution >= 4 is 21.8 Å². The van der Waals surface area contributed by atoms with Crippen molar-refractivity contribution in [3.05, 3.63) is 90.0 Å². The standard InChI is InChI=1S/C24H24F3NO3S2/c1-28(33(29,30)22-14-12-21(32-2)13-15-22)17-16-23(18-6-4-3-5-7-18)31-20-10-8-19(9-11-20)24(25,26)27/h3-15,23H,16-17H2,1-2H3. The molecule has 1 atom stereocenters. The van der Waals surface area contributed by atoms with E-state index in [1.807, 2.05) is 36.6 Å². The number of ether oxygens (including phenoxy) is 1. The van der Waals surface area contributed by atoms with Gasteiger partial charge in [-0.3, -0.25) is 0 Å². The topological polar surface area (TPSA) is 46.6 Å². The molecule has 3 rings (SSSR count). The van der Waals surface area contributed by atoms with Gasteiger partial charge in [-0.2, -0.15) is 13.2 Å². The van der Waals surface area contributed by atoms with Gasteiger partial charge in [0.25, 0.3) is 0 Å². The van der Waals surface area contributed by atoms with Crippen LogP contribution in [0.3, 0.4) is 0 Å². The molecule has 0 aliphatic rings. The van der Waals surface area contributed by atoms with Gasteiger partial charge in [0, 0.05) is 24.9 Å². The summed E-state index contributed by atoms with van der Waals surface area (Å²) in [4.78, 5) is 1.16. The number of benzene rings is 3. The third-order valence-corrected chi connectivity index (χ3v) is 7.72. The minimum absolute atomic E-state index is 0.160. The molecule has 3 aromatic rings. The first kappa shape index (κ1) is 25.1. The summed E-state index contributed by atoms with van der Waals surface area (Å²) in [6, 6.07) is 20.3. The average molecular weight is 496 g/mol. The second-order valence-electron chi connectivity index (χ2n) is 7.33. The van der Waals surface area contributed by atoms with Crippen molar-refractivity contribution in [3.8, 4) is 5.75 Å². The zero-order chi connectivity index (χ0) is 24.1. The van der Waals surface area contributed by atoms with Gasteiger partial charge in [0.05, 0.1) is 10.5 Å². The number of sulfonamides is 1. The largest absolute Gasteiger partial charge is 0.486 e. The molecule has 4 nitrogen and oxygen atoms in total. The maximum atomic E-state index is 12.9. The van der Waals surface area contributed by atoms with E-state index in [9.17, 15) is 21.6 Å². The summed E-state index contributed by atoms with van der Waals surface area (Å²) in [6.45, 7) is 0.160. The minimum atomic E-state index is -4.43. The minimum Gasteiger partial charge on any atom is -0.486 e. The van der Waals surface area contributed by atoms with Crippen molar-refractivity contribution < 1.29 is 26.3 Å². The Hall–Kier alpha value is -2.49. The van der Waals surface area contributed by atoms with Crippen LogP contribution in [0, 0.1) is 0 Å². The number of rotatable bonds is 9. The van der Waals surface area contributed by atoms with E-state index in [4.69, 9.17) is 4.74 Å². The average Bonchev–Trinajstić information content (AvgIpc) is 2.81. The Labute approximate surface area is 196 Å². The first-order valence-corrected chi connectivity index (χ1v) is 12.8. The van der Waals surface area contributed by atoms with Gasteiger partial charge in [-0.1, -0.05) is 30.3 Å². The SMILES string of the molecule is CSc1ccc(S(=O)(=O)N(C)CCC(Oc2ccc(C(F)(F)F)cc2)c2ccccc2)cc1. The molecular formula is C24H24F3NO3S2. The number of nitrogens with zero attached hydrogens (tertiary/aromatic N) is 1. The molecule has 0 heterocycles. The zero-order valence-corrected chi connectivity index (χ0v) is 19.8. The lowest BCUT2D eigenvalue weighted by Gasteiger charge is -2.23. The van der Waals surface area contributed by atoms with Crippen molar-refractivity contribution in [3.63, 3.8) is 0 Å². The first-order chi connectivity index (χ1) is 15.6. The van der Waals surface area contributed by atoms with Crippen molar-refractivity contribution in [1.29, 1.82) is 0 Å². The molecule has 1 unspecified atom stereocenters. The predicted molar refractivity (Wildman–Crippen MR) is 124 cm³/mol. The van der Waals surface area contributed by atoms with Gasteiger partial charge >= 0.3 is 6.18 Å². The van der Waals surface area contributed by atoms with Crippen molar-refractivity contribution in [2.24, 2.45) is 0 Å². The lowest BCUT2D eigenvalue weighted by atomic mass is 10.1. The van der Waals surface area contributed by atoms with Crippen LogP contribution in [0.15, 0.2) is 88.7 Å². The molecule has 3 aromatic carbocycles. The molecule has 0 aromatic heterocycles. The van der Waals surface area contributed by atoms with E-state index in [2.05, 4.69) is 0 Å². The number of hydrogen-bond donors (Lipinski definition) is 0. The molecule has 176 valence electrons. The summed E-state index contributed by atoms with van der Waals surface area (Å²) in [6.07, 6.45) is -2.75. The zero-order valence-electron chi connectivity index (χ0n) is 18.1. The molecule has 9 heteroatoms. The van der Waals surface area contributed by atoms with E-state index in [1.165, 1.54) is 35.2 Å². The molecular weight excluding hydrogens is 471 g/mol. The van der Waals surface area contributed by atoms with Crippen LogP contribution in [-0.4, -0.2) is 32.6 Å². The van der Waals surface area contributed by atoms with Crippen molar-refractivity contribution in [2.45, 2.75) is 28.5 Å². The van der Waals surface area contributed by atoms with Gasteiger partial charge < -0.3 is 4.74 Å². The smallest absolute Gasteiger partial charge is 0.416 e. The number of hydrogen-bond acceptors (Lipinski definition) is 4. The highest BCUT2D eigenvalue weighted by Gasteiger charge is 2.30. The van der Waals surface area contributed by atoms with Gasteiger partial charge in [0.1, 0.15) is 11.9 Å². The molecule has 0 fully saturated rings. The molecule has 33 heavy (non-hydrogen) atoms. The molecule has 0 N–H and O–H groups in total. The molecule has 0 saturated heterocycles. The summed E-state index contributed by atoms with van der Waals surface area (Å²) in [5.41, 5.74) is 0.0388. The Bertz CT molecular complexity index is 1130. The number of halogens is 3. The monoisotopic (exact) mass is 495 g/mol. The van der Waals surface area contributed by atoms with Crippen LogP contribution in [0.25, 0.3) is 0 Å². The fourth-order valence-corrected chi connectivity index (χ4v) is 4.79. The van der Waals surface area contributed by atoms with Gasteiger partial charge in [0.15, 0.2) is 0 Å². The van der Waals surface area contributed by atoms with Crippen LogP contribution in [-0.2, 0) is 16.2 Å². The second-order valence-corrected chi connectivity index (χ2v) is 10.3. The number of thioether (sulfide) groups is 1. The summed E-state index contributed by atoms with van der Waals surface area (Å²) in [5.74, 6) is 0.273. The molecule has 0 spiro atoms. The summed E-state index contributed by atoms with van der Waals surface area (Å²) in [7, 11) is -2.20. The molecule has 0 bridgehead atoms. The van der Waals surface area contributed by atoms with Gasteiger partial charge in [-0.05, 0) is 60.4 Å². The fraction of sp³-hybridized carbons (Fsp3) is 0.250. The molecule has 0 aliphatic carbocycles. The Morgan fingerprint density at radius 2 is 1.55 bits per heavy atom. The maximum Gasteiger partial charge on any atom is 0.416 e. The Morgan fingerprint density at radius 1 is 0.939 bits per heavy atom. The Kier molecular flexibility index (Phi) is 8.10. The van der Waals surface area contributed by atoms with E-state index in [0.29, 0.717) is 6.42 Å². The van der Waals surface area contributed by atoms with Crippen LogP contribution >= 0.6 is 11.8 Å². The predicted octanol–water partition coefficient (Wildman–Crippen LogP) is 6.26. The normalized spacial score (nSPS) is 13.2. The van der Waals surface area contributed by atoms with Gasteiger partial charge in [0.2, 0.25) is 10.0 Å². The van der Waals surface area contributed by atoms with Crippen molar-refractivity contribution in [2.75, 3.05) is 19.8 Å². The van der Waals surface area contributed by atoms with Crippen LogP contribution < -0.4 is 4.74 Å². The Balaban J connectivity index is 1.75. The molecule has 0 radical (unpaired) electrons. The third-order valence-electron chi connectivity index (χ3n) is 5.11. The highest BCUT2D eigenvalue weighted by atomic mass is 32.2. The third kappa shape index (κ3) is 6.52. The Morgan fingerprint density at radius 3 is 2.09 bits per heavy atom. The molecule has 0 amide bonds. The maximum absolute atomic E-state index is 12.9. The first-order valence-electron chi connectivity index (χ1n) is 10.1. The highest BCUT2D eigenvalue weighted by molar-refractivity contribution is 7.98. The highest BCUT2D eigenvalue weighted by Crippen LogP contribution is 2.32. The second kappa shape index (κ2) is 10.6. The van der Waals surface area contributed by atoms with E-state index >= 15 is 0 Å². The summed E-state index contributed by atoms with van der Waals surface area (Å²) in [5, 5.41) is 0. The van der Waals surface area contributed by atoms with Crippen molar-refractivity contribution in [1.82, 2.24) is 4.31 Å². The van der Waals surface area contributed by atoms with Gasteiger partial charge in [-0.25, -0.2) is 12.7 Å². The lowest BCUT2D eigenvalue weighted by Crippen LogP contribution is -2.29.